The summed E-state index contributed by atoms with van der Waals surface area (Å²) in [6, 6.07) is 7.40. The Morgan fingerprint density at radius 3 is 2.60 bits per heavy atom. The molecule has 0 saturated carbocycles. The van der Waals surface area contributed by atoms with Gasteiger partial charge in [-0.2, -0.15) is 0 Å². The van der Waals surface area contributed by atoms with Gasteiger partial charge in [-0.15, -0.1) is 11.8 Å². The number of nitrogens with one attached hydrogen (secondary N) is 1. The first-order chi connectivity index (χ1) is 9.58. The van der Waals surface area contributed by atoms with Crippen LogP contribution in [-0.2, 0) is 9.59 Å². The number of halogens is 1. The van der Waals surface area contributed by atoms with Crippen LogP contribution in [0.4, 0.5) is 0 Å². The Bertz CT molecular complexity index is 468. The molecule has 110 valence electrons. The third-order valence-corrected chi connectivity index (χ3v) is 4.13. The van der Waals surface area contributed by atoms with Crippen LogP contribution in [-0.4, -0.2) is 42.1 Å². The lowest BCUT2D eigenvalue weighted by molar-refractivity contribution is -0.133. The largest absolute Gasteiger partial charge is 0.355 e. The second-order valence-electron chi connectivity index (χ2n) is 4.08. The van der Waals surface area contributed by atoms with Gasteiger partial charge in [0.15, 0.2) is 0 Å². The number of hydrogen-bond acceptors (Lipinski definition) is 3. The topological polar surface area (TPSA) is 49.4 Å². The summed E-state index contributed by atoms with van der Waals surface area (Å²) in [5.74, 6) is 0.0749. The normalized spacial score (nSPS) is 10.2. The minimum absolute atomic E-state index is 0.0660. The maximum absolute atomic E-state index is 12.1. The molecule has 0 saturated heterocycles. The lowest BCUT2D eigenvalue weighted by Gasteiger charge is -2.20. The van der Waals surface area contributed by atoms with Gasteiger partial charge < -0.3 is 10.2 Å². The van der Waals surface area contributed by atoms with Crippen LogP contribution in [0.15, 0.2) is 29.2 Å². The third-order valence-electron chi connectivity index (χ3n) is 2.63. The van der Waals surface area contributed by atoms with E-state index in [4.69, 9.17) is 11.6 Å². The van der Waals surface area contributed by atoms with E-state index in [1.54, 1.807) is 6.07 Å². The van der Waals surface area contributed by atoms with Crippen LogP contribution >= 0.6 is 23.4 Å². The Labute approximate surface area is 128 Å². The van der Waals surface area contributed by atoms with Gasteiger partial charge in [-0.25, -0.2) is 0 Å². The maximum atomic E-state index is 12.1. The molecular formula is C14H19ClN2O2S. The third kappa shape index (κ3) is 5.43. The molecule has 2 amide bonds. The molecule has 1 N–H and O–H groups in total. The lowest BCUT2D eigenvalue weighted by atomic mass is 10.4. The number of hydrogen-bond donors (Lipinski definition) is 1. The number of amides is 2. The van der Waals surface area contributed by atoms with Crippen LogP contribution in [0.5, 0.6) is 0 Å². The van der Waals surface area contributed by atoms with Crippen molar-refractivity contribution in [3.05, 3.63) is 29.3 Å². The zero-order valence-corrected chi connectivity index (χ0v) is 13.3. The van der Waals surface area contributed by atoms with Gasteiger partial charge in [-0.1, -0.05) is 23.7 Å². The van der Waals surface area contributed by atoms with E-state index in [0.29, 0.717) is 18.1 Å². The molecule has 0 aliphatic rings. The zero-order valence-electron chi connectivity index (χ0n) is 11.7. The molecule has 0 unspecified atom stereocenters. The van der Waals surface area contributed by atoms with E-state index in [1.165, 1.54) is 16.7 Å². The van der Waals surface area contributed by atoms with Crippen LogP contribution in [0.25, 0.3) is 0 Å². The monoisotopic (exact) mass is 314 g/mol. The number of nitrogens with zero attached hydrogens (tertiary/aromatic N) is 1. The minimum Gasteiger partial charge on any atom is -0.355 e. The molecule has 20 heavy (non-hydrogen) atoms. The molecule has 0 heterocycles. The SMILES string of the molecule is CCNC(=O)CN(CC)C(=O)CSc1ccccc1Cl. The molecule has 1 aromatic carbocycles. The molecular weight excluding hydrogens is 296 g/mol. The van der Waals surface area contributed by atoms with Crippen LogP contribution in [0.3, 0.4) is 0 Å². The first-order valence-corrected chi connectivity index (χ1v) is 7.86. The van der Waals surface area contributed by atoms with Crippen LogP contribution in [0.2, 0.25) is 5.02 Å². The van der Waals surface area contributed by atoms with Crippen molar-refractivity contribution in [3.63, 3.8) is 0 Å². The Morgan fingerprint density at radius 1 is 1.30 bits per heavy atom. The van der Waals surface area contributed by atoms with Crippen molar-refractivity contribution >= 4 is 35.2 Å². The molecule has 1 rings (SSSR count). The second-order valence-corrected chi connectivity index (χ2v) is 5.50. The van der Waals surface area contributed by atoms with Crippen molar-refractivity contribution in [3.8, 4) is 0 Å². The van der Waals surface area contributed by atoms with Crippen LogP contribution < -0.4 is 5.32 Å². The number of thioether (sulfide) groups is 1. The van der Waals surface area contributed by atoms with E-state index in [-0.39, 0.29) is 24.1 Å². The van der Waals surface area contributed by atoms with Crippen molar-refractivity contribution in [2.75, 3.05) is 25.4 Å². The fourth-order valence-corrected chi connectivity index (χ4v) is 2.74. The van der Waals surface area contributed by atoms with Gasteiger partial charge in [0.1, 0.15) is 0 Å². The van der Waals surface area contributed by atoms with Crippen LogP contribution in [0, 0.1) is 0 Å². The van der Waals surface area contributed by atoms with E-state index >= 15 is 0 Å². The van der Waals surface area contributed by atoms with E-state index < -0.39 is 0 Å². The molecule has 4 nitrogen and oxygen atoms in total. The second kappa shape index (κ2) is 8.87. The first kappa shape index (κ1) is 16.9. The molecule has 0 bridgehead atoms. The van der Waals surface area contributed by atoms with Crippen molar-refractivity contribution in [2.45, 2.75) is 18.7 Å². The first-order valence-electron chi connectivity index (χ1n) is 6.50. The Morgan fingerprint density at radius 2 is 2.00 bits per heavy atom. The molecule has 0 atom stereocenters. The highest BCUT2D eigenvalue weighted by molar-refractivity contribution is 8.00. The van der Waals surface area contributed by atoms with Gasteiger partial charge >= 0.3 is 0 Å². The molecule has 0 aromatic heterocycles. The molecule has 1 aromatic rings. The quantitative estimate of drug-likeness (QED) is 0.786. The highest BCUT2D eigenvalue weighted by atomic mass is 35.5. The van der Waals surface area contributed by atoms with Crippen molar-refractivity contribution in [1.82, 2.24) is 10.2 Å². The molecule has 0 aliphatic heterocycles. The summed E-state index contributed by atoms with van der Waals surface area (Å²) in [5, 5.41) is 3.32. The number of rotatable bonds is 7. The lowest BCUT2D eigenvalue weighted by Crippen LogP contribution is -2.41. The van der Waals surface area contributed by atoms with Crippen molar-refractivity contribution in [2.24, 2.45) is 0 Å². The summed E-state index contributed by atoms with van der Waals surface area (Å²) in [4.78, 5) is 26.0. The summed E-state index contributed by atoms with van der Waals surface area (Å²) < 4.78 is 0. The fraction of sp³-hybridized carbons (Fsp3) is 0.429. The average molecular weight is 315 g/mol. The van der Waals surface area contributed by atoms with Crippen molar-refractivity contribution < 1.29 is 9.59 Å². The summed E-state index contributed by atoms with van der Waals surface area (Å²) >= 11 is 7.42. The molecule has 6 heteroatoms. The highest BCUT2D eigenvalue weighted by Crippen LogP contribution is 2.26. The Balaban J connectivity index is 2.51. The molecule has 0 aliphatic carbocycles. The fourth-order valence-electron chi connectivity index (χ4n) is 1.60. The predicted octanol–water partition coefficient (Wildman–Crippen LogP) is 2.42. The van der Waals surface area contributed by atoms with Gasteiger partial charge in [0.25, 0.3) is 0 Å². The van der Waals surface area contributed by atoms with E-state index in [9.17, 15) is 9.59 Å². The standard InChI is InChI=1S/C14H19ClN2O2S/c1-3-16-13(18)9-17(4-2)14(19)10-20-12-8-6-5-7-11(12)15/h5-8H,3-4,9-10H2,1-2H3,(H,16,18). The number of carbonyl (C=O) groups excluding carboxylic acids is 2. The van der Waals surface area contributed by atoms with E-state index in [1.807, 2.05) is 32.0 Å². The maximum Gasteiger partial charge on any atom is 0.239 e. The Kier molecular flexibility index (Phi) is 7.47. The molecule has 0 spiro atoms. The van der Waals surface area contributed by atoms with Gasteiger partial charge in [-0.3, -0.25) is 9.59 Å². The van der Waals surface area contributed by atoms with Gasteiger partial charge in [0.05, 0.1) is 17.3 Å². The van der Waals surface area contributed by atoms with Gasteiger partial charge in [-0.05, 0) is 26.0 Å². The average Bonchev–Trinajstić information content (AvgIpc) is 2.44. The van der Waals surface area contributed by atoms with Crippen molar-refractivity contribution in [1.29, 1.82) is 0 Å². The van der Waals surface area contributed by atoms with E-state index in [0.717, 1.165) is 4.90 Å². The number of benzene rings is 1. The number of likely N-dealkylation sites (N-methyl/N-ethyl adjacent to an activating group) is 2. The minimum atomic E-state index is -0.134. The summed E-state index contributed by atoms with van der Waals surface area (Å²) in [7, 11) is 0. The summed E-state index contributed by atoms with van der Waals surface area (Å²) in [6.07, 6.45) is 0. The summed E-state index contributed by atoms with van der Waals surface area (Å²) in [6.45, 7) is 4.89. The Hall–Kier alpha value is -1.20. The van der Waals surface area contributed by atoms with Gasteiger partial charge in [0, 0.05) is 18.0 Å². The molecule has 0 fully saturated rings. The van der Waals surface area contributed by atoms with Crippen LogP contribution in [0.1, 0.15) is 13.8 Å². The van der Waals surface area contributed by atoms with Gasteiger partial charge in [0.2, 0.25) is 11.8 Å². The number of carbonyl (C=O) groups is 2. The smallest absolute Gasteiger partial charge is 0.239 e. The zero-order chi connectivity index (χ0) is 15.0. The van der Waals surface area contributed by atoms with E-state index in [2.05, 4.69) is 5.32 Å². The summed E-state index contributed by atoms with van der Waals surface area (Å²) in [5.41, 5.74) is 0. The predicted molar refractivity (Wildman–Crippen MR) is 83.1 cm³/mol. The highest BCUT2D eigenvalue weighted by Gasteiger charge is 2.15. The molecule has 0 radical (unpaired) electrons.